The molecule has 5 nitrogen and oxygen atoms in total. The number of rotatable bonds is 6. The summed E-state index contributed by atoms with van der Waals surface area (Å²) < 4.78 is 12.9. The van der Waals surface area contributed by atoms with Crippen molar-refractivity contribution in [2.24, 2.45) is 0 Å². The maximum Gasteiger partial charge on any atom is 0.200 e. The van der Waals surface area contributed by atoms with Crippen LogP contribution in [0.5, 0.6) is 5.75 Å². The highest BCUT2D eigenvalue weighted by atomic mass is 79.9. The van der Waals surface area contributed by atoms with Crippen LogP contribution in [0.4, 0.5) is 0 Å². The van der Waals surface area contributed by atoms with Crippen LogP contribution in [0, 0.1) is 6.92 Å². The molecule has 158 valence electrons. The molecule has 1 aliphatic heterocycles. The van der Waals surface area contributed by atoms with Gasteiger partial charge in [0, 0.05) is 43.3 Å². The van der Waals surface area contributed by atoms with Crippen LogP contribution in [0.15, 0.2) is 56.1 Å². The van der Waals surface area contributed by atoms with Gasteiger partial charge in [-0.3, -0.25) is 9.69 Å². The summed E-state index contributed by atoms with van der Waals surface area (Å²) in [5.41, 5.74) is 2.01. The van der Waals surface area contributed by atoms with E-state index < -0.39 is 0 Å². The largest absolute Gasteiger partial charge is 0.492 e. The third-order valence-corrected chi connectivity index (χ3v) is 6.29. The fraction of sp³-hybridized carbons (Fsp3) is 0.375. The van der Waals surface area contributed by atoms with Gasteiger partial charge in [0.15, 0.2) is 0 Å². The second kappa shape index (κ2) is 9.33. The standard InChI is InChI=1S/C24H27BrN2O3/c1-3-26-10-12-27(13-11-26)14-15-29-20-8-9-21-22(16-20)30-17(2)23(24(21)28)18-4-6-19(25)7-5-18/h4-9,16H,3,10-15H2,1-2H3. The smallest absolute Gasteiger partial charge is 0.200 e. The molecule has 3 aromatic rings. The molecule has 2 heterocycles. The van der Waals surface area contributed by atoms with Crippen molar-refractivity contribution >= 4 is 26.9 Å². The van der Waals surface area contributed by atoms with Gasteiger partial charge in [-0.15, -0.1) is 0 Å². The Morgan fingerprint density at radius 2 is 1.73 bits per heavy atom. The van der Waals surface area contributed by atoms with E-state index in [0.717, 1.165) is 55.1 Å². The fourth-order valence-corrected chi connectivity index (χ4v) is 4.21. The first-order valence-electron chi connectivity index (χ1n) is 10.5. The van der Waals surface area contributed by atoms with Crippen LogP contribution in [-0.2, 0) is 0 Å². The fourth-order valence-electron chi connectivity index (χ4n) is 3.95. The first-order chi connectivity index (χ1) is 14.5. The summed E-state index contributed by atoms with van der Waals surface area (Å²) >= 11 is 3.43. The highest BCUT2D eigenvalue weighted by molar-refractivity contribution is 9.10. The molecule has 6 heteroatoms. The van der Waals surface area contributed by atoms with Gasteiger partial charge in [0.1, 0.15) is 23.7 Å². The molecule has 0 aliphatic carbocycles. The molecule has 0 spiro atoms. The van der Waals surface area contributed by atoms with Crippen molar-refractivity contribution < 1.29 is 9.15 Å². The number of piperazine rings is 1. The van der Waals surface area contributed by atoms with Crippen molar-refractivity contribution in [3.05, 3.63) is 62.9 Å². The van der Waals surface area contributed by atoms with Gasteiger partial charge in [0.25, 0.3) is 0 Å². The lowest BCUT2D eigenvalue weighted by molar-refractivity contribution is 0.121. The van der Waals surface area contributed by atoms with Crippen molar-refractivity contribution in [1.29, 1.82) is 0 Å². The summed E-state index contributed by atoms with van der Waals surface area (Å²) in [5.74, 6) is 1.34. The van der Waals surface area contributed by atoms with E-state index in [1.54, 1.807) is 6.07 Å². The molecule has 1 fully saturated rings. The van der Waals surface area contributed by atoms with E-state index in [0.29, 0.717) is 28.9 Å². The normalized spacial score (nSPS) is 15.6. The molecule has 0 N–H and O–H groups in total. The van der Waals surface area contributed by atoms with Crippen molar-refractivity contribution in [2.75, 3.05) is 45.9 Å². The van der Waals surface area contributed by atoms with E-state index in [1.165, 1.54) is 0 Å². The van der Waals surface area contributed by atoms with Crippen LogP contribution in [0.3, 0.4) is 0 Å². The number of aryl methyl sites for hydroxylation is 1. The minimum atomic E-state index is -0.0172. The maximum absolute atomic E-state index is 13.1. The second-order valence-corrected chi connectivity index (χ2v) is 8.57. The first-order valence-corrected chi connectivity index (χ1v) is 11.3. The molecular formula is C24H27BrN2O3. The average Bonchev–Trinajstić information content (AvgIpc) is 2.75. The van der Waals surface area contributed by atoms with Gasteiger partial charge in [0.2, 0.25) is 5.43 Å². The second-order valence-electron chi connectivity index (χ2n) is 7.65. The summed E-state index contributed by atoms with van der Waals surface area (Å²) in [7, 11) is 0. The van der Waals surface area contributed by atoms with Crippen LogP contribution in [0.25, 0.3) is 22.1 Å². The Morgan fingerprint density at radius 3 is 2.43 bits per heavy atom. The lowest BCUT2D eigenvalue weighted by atomic mass is 10.0. The predicted molar refractivity (Wildman–Crippen MR) is 124 cm³/mol. The molecule has 2 aromatic carbocycles. The van der Waals surface area contributed by atoms with Gasteiger partial charge in [-0.25, -0.2) is 0 Å². The maximum atomic E-state index is 13.1. The number of fused-ring (bicyclic) bond motifs is 1. The minimum absolute atomic E-state index is 0.0172. The zero-order valence-corrected chi connectivity index (χ0v) is 19.1. The molecule has 0 unspecified atom stereocenters. The quantitative estimate of drug-likeness (QED) is 0.528. The van der Waals surface area contributed by atoms with Gasteiger partial charge in [-0.1, -0.05) is 35.0 Å². The third-order valence-electron chi connectivity index (χ3n) is 5.76. The Bertz CT molecular complexity index is 1070. The van der Waals surface area contributed by atoms with E-state index in [-0.39, 0.29) is 5.43 Å². The van der Waals surface area contributed by atoms with Crippen LogP contribution >= 0.6 is 15.9 Å². The van der Waals surface area contributed by atoms with Crippen LogP contribution < -0.4 is 10.2 Å². The molecule has 0 saturated carbocycles. The van der Waals surface area contributed by atoms with E-state index in [9.17, 15) is 4.79 Å². The summed E-state index contributed by atoms with van der Waals surface area (Å²) in [6.07, 6.45) is 0. The van der Waals surface area contributed by atoms with Crippen molar-refractivity contribution in [3.8, 4) is 16.9 Å². The number of hydrogen-bond acceptors (Lipinski definition) is 5. The van der Waals surface area contributed by atoms with Crippen molar-refractivity contribution in [2.45, 2.75) is 13.8 Å². The molecule has 0 amide bonds. The summed E-state index contributed by atoms with van der Waals surface area (Å²) in [4.78, 5) is 18.0. The molecule has 0 bridgehead atoms. The molecule has 30 heavy (non-hydrogen) atoms. The molecule has 1 aromatic heterocycles. The van der Waals surface area contributed by atoms with Gasteiger partial charge >= 0.3 is 0 Å². The topological polar surface area (TPSA) is 45.9 Å². The van der Waals surface area contributed by atoms with Crippen molar-refractivity contribution in [1.82, 2.24) is 9.80 Å². The average molecular weight is 471 g/mol. The van der Waals surface area contributed by atoms with Crippen molar-refractivity contribution in [3.63, 3.8) is 0 Å². The Morgan fingerprint density at radius 1 is 1.03 bits per heavy atom. The van der Waals surface area contributed by atoms with Crippen LogP contribution in [0.1, 0.15) is 12.7 Å². The van der Waals surface area contributed by atoms with Crippen LogP contribution in [-0.4, -0.2) is 55.7 Å². The Balaban J connectivity index is 1.47. The van der Waals surface area contributed by atoms with Gasteiger partial charge in [0.05, 0.1) is 10.9 Å². The number of benzene rings is 2. The Hall–Kier alpha value is -2.15. The number of nitrogens with zero attached hydrogens (tertiary/aromatic N) is 2. The molecule has 0 radical (unpaired) electrons. The summed E-state index contributed by atoms with van der Waals surface area (Å²) in [5, 5.41) is 0.571. The molecule has 0 atom stereocenters. The highest BCUT2D eigenvalue weighted by Crippen LogP contribution is 2.27. The van der Waals surface area contributed by atoms with E-state index in [2.05, 4.69) is 32.7 Å². The molecule has 1 aliphatic rings. The summed E-state index contributed by atoms with van der Waals surface area (Å²) in [6.45, 7) is 11.1. The highest BCUT2D eigenvalue weighted by Gasteiger charge is 2.16. The van der Waals surface area contributed by atoms with Gasteiger partial charge in [-0.05, 0) is 43.3 Å². The molecular weight excluding hydrogens is 444 g/mol. The SMILES string of the molecule is CCN1CCN(CCOc2ccc3c(=O)c(-c4ccc(Br)cc4)c(C)oc3c2)CC1. The van der Waals surface area contributed by atoms with E-state index in [1.807, 2.05) is 43.3 Å². The first kappa shape index (κ1) is 21.1. The van der Waals surface area contributed by atoms with Crippen LogP contribution in [0.2, 0.25) is 0 Å². The zero-order valence-electron chi connectivity index (χ0n) is 17.5. The van der Waals surface area contributed by atoms with E-state index in [4.69, 9.17) is 9.15 Å². The summed E-state index contributed by atoms with van der Waals surface area (Å²) in [6, 6.07) is 13.2. The predicted octanol–water partition coefficient (Wildman–Crippen LogP) is 4.55. The number of ether oxygens (including phenoxy) is 1. The monoisotopic (exact) mass is 470 g/mol. The molecule has 1 saturated heterocycles. The number of likely N-dealkylation sites (N-methyl/N-ethyl adjacent to an activating group) is 1. The lowest BCUT2D eigenvalue weighted by Gasteiger charge is -2.33. The molecule has 4 rings (SSSR count). The van der Waals surface area contributed by atoms with E-state index >= 15 is 0 Å². The number of hydrogen-bond donors (Lipinski definition) is 0. The minimum Gasteiger partial charge on any atom is -0.492 e. The van der Waals surface area contributed by atoms with Gasteiger partial charge in [-0.2, -0.15) is 0 Å². The number of halogens is 1. The lowest BCUT2D eigenvalue weighted by Crippen LogP contribution is -2.47. The Labute approximate surface area is 185 Å². The Kier molecular flexibility index (Phi) is 6.56. The third kappa shape index (κ3) is 4.61. The zero-order chi connectivity index (χ0) is 21.1. The van der Waals surface area contributed by atoms with Gasteiger partial charge < -0.3 is 14.1 Å².